The maximum Gasteiger partial charge on any atom is 0.262 e. The van der Waals surface area contributed by atoms with Gasteiger partial charge in [-0.3, -0.25) is 4.72 Å². The lowest BCUT2D eigenvalue weighted by Crippen LogP contribution is -2.14. The largest absolute Gasteiger partial charge is 0.398 e. The Kier molecular flexibility index (Phi) is 4.01. The highest BCUT2D eigenvalue weighted by Gasteiger charge is 2.17. The average molecular weight is 359 g/mol. The lowest BCUT2D eigenvalue weighted by atomic mass is 10.2. The summed E-state index contributed by atoms with van der Waals surface area (Å²) in [4.78, 5) is -0.0139. The van der Waals surface area contributed by atoms with Crippen LogP contribution >= 0.6 is 15.9 Å². The summed E-state index contributed by atoms with van der Waals surface area (Å²) in [5, 5.41) is 0. The second-order valence-electron chi connectivity index (χ2n) is 4.25. The first kappa shape index (κ1) is 14.8. The normalized spacial score (nSPS) is 11.3. The van der Waals surface area contributed by atoms with Crippen LogP contribution in [0, 0.1) is 12.7 Å². The van der Waals surface area contributed by atoms with E-state index < -0.39 is 15.8 Å². The highest BCUT2D eigenvalue weighted by molar-refractivity contribution is 9.10. The molecule has 0 saturated carbocycles. The molecule has 0 bridgehead atoms. The molecule has 0 aliphatic carbocycles. The maximum atomic E-state index is 13.6. The van der Waals surface area contributed by atoms with Crippen LogP contribution in [-0.2, 0) is 10.0 Å². The predicted octanol–water partition coefficient (Wildman–Crippen LogP) is 3.28. The molecule has 0 aromatic heterocycles. The molecule has 2 aromatic rings. The van der Waals surface area contributed by atoms with Crippen LogP contribution in [-0.4, -0.2) is 8.42 Å². The number of benzene rings is 2. The van der Waals surface area contributed by atoms with Gasteiger partial charge in [0.05, 0.1) is 10.6 Å². The van der Waals surface area contributed by atoms with E-state index in [1.165, 1.54) is 30.3 Å². The summed E-state index contributed by atoms with van der Waals surface area (Å²) < 4.78 is 40.7. The average Bonchev–Trinajstić information content (AvgIpc) is 2.36. The third-order valence-corrected chi connectivity index (χ3v) is 4.59. The van der Waals surface area contributed by atoms with Crippen molar-refractivity contribution in [3.8, 4) is 0 Å². The molecular weight excluding hydrogens is 347 g/mol. The number of sulfonamides is 1. The van der Waals surface area contributed by atoms with Gasteiger partial charge < -0.3 is 5.73 Å². The molecule has 4 nitrogen and oxygen atoms in total. The van der Waals surface area contributed by atoms with E-state index in [9.17, 15) is 12.8 Å². The summed E-state index contributed by atoms with van der Waals surface area (Å²) in [5.74, 6) is -0.656. The fourth-order valence-corrected chi connectivity index (χ4v) is 3.02. The fourth-order valence-electron chi connectivity index (χ4n) is 1.57. The molecule has 0 aliphatic rings. The number of nitrogens with one attached hydrogen (secondary N) is 1. The molecule has 3 N–H and O–H groups in total. The Morgan fingerprint density at radius 2 is 1.90 bits per heavy atom. The topological polar surface area (TPSA) is 72.2 Å². The summed E-state index contributed by atoms with van der Waals surface area (Å²) >= 11 is 3.16. The second kappa shape index (κ2) is 5.41. The molecule has 0 atom stereocenters. The van der Waals surface area contributed by atoms with Crippen molar-refractivity contribution in [1.29, 1.82) is 0 Å². The molecule has 0 radical (unpaired) electrons. The van der Waals surface area contributed by atoms with E-state index in [1.807, 2.05) is 0 Å². The molecule has 0 aliphatic heterocycles. The van der Waals surface area contributed by atoms with E-state index in [0.717, 1.165) is 5.56 Å². The van der Waals surface area contributed by atoms with Gasteiger partial charge in [-0.1, -0.05) is 22.0 Å². The summed E-state index contributed by atoms with van der Waals surface area (Å²) in [6.45, 7) is 1.77. The first-order valence-electron chi connectivity index (χ1n) is 5.63. The van der Waals surface area contributed by atoms with Gasteiger partial charge in [0.15, 0.2) is 0 Å². The zero-order valence-corrected chi connectivity index (χ0v) is 12.9. The zero-order valence-electron chi connectivity index (χ0n) is 10.5. The minimum absolute atomic E-state index is 0.0139. The second-order valence-corrected chi connectivity index (χ2v) is 6.85. The van der Waals surface area contributed by atoms with Gasteiger partial charge in [-0.2, -0.15) is 0 Å². The van der Waals surface area contributed by atoms with Crippen molar-refractivity contribution < 1.29 is 12.8 Å². The minimum Gasteiger partial charge on any atom is -0.398 e. The smallest absolute Gasteiger partial charge is 0.262 e. The van der Waals surface area contributed by atoms with Gasteiger partial charge in [-0.25, -0.2) is 12.8 Å². The van der Waals surface area contributed by atoms with Gasteiger partial charge in [0.25, 0.3) is 10.0 Å². The van der Waals surface area contributed by atoms with Crippen LogP contribution in [0.4, 0.5) is 15.8 Å². The Bertz CT molecular complexity index is 763. The van der Waals surface area contributed by atoms with E-state index >= 15 is 0 Å². The van der Waals surface area contributed by atoms with E-state index in [-0.39, 0.29) is 10.6 Å². The monoisotopic (exact) mass is 358 g/mol. The Morgan fingerprint density at radius 3 is 2.55 bits per heavy atom. The summed E-state index contributed by atoms with van der Waals surface area (Å²) in [7, 11) is -3.88. The third-order valence-electron chi connectivity index (χ3n) is 2.73. The molecule has 0 unspecified atom stereocenters. The number of aryl methyl sites for hydroxylation is 1. The van der Waals surface area contributed by atoms with E-state index in [0.29, 0.717) is 10.2 Å². The lowest BCUT2D eigenvalue weighted by molar-refractivity contribution is 0.598. The highest BCUT2D eigenvalue weighted by Crippen LogP contribution is 2.24. The van der Waals surface area contributed by atoms with Crippen molar-refractivity contribution in [2.45, 2.75) is 11.8 Å². The van der Waals surface area contributed by atoms with Gasteiger partial charge in [-0.05, 0) is 42.8 Å². The number of hydrogen-bond acceptors (Lipinski definition) is 3. The van der Waals surface area contributed by atoms with Gasteiger partial charge in [-0.15, -0.1) is 0 Å². The Balaban J connectivity index is 2.40. The number of nitrogens with two attached hydrogens (primary N) is 1. The van der Waals surface area contributed by atoms with Crippen molar-refractivity contribution in [2.75, 3.05) is 10.5 Å². The predicted molar refractivity (Wildman–Crippen MR) is 80.5 cm³/mol. The number of hydrogen-bond donors (Lipinski definition) is 2. The first-order chi connectivity index (χ1) is 9.29. The van der Waals surface area contributed by atoms with Crippen molar-refractivity contribution in [3.63, 3.8) is 0 Å². The van der Waals surface area contributed by atoms with Crippen molar-refractivity contribution in [2.24, 2.45) is 0 Å². The number of rotatable bonds is 3. The summed E-state index contributed by atoms with van der Waals surface area (Å²) in [5.41, 5.74) is 6.70. The number of nitrogen functional groups attached to an aromatic ring is 1. The molecule has 106 valence electrons. The van der Waals surface area contributed by atoms with Crippen LogP contribution < -0.4 is 10.5 Å². The van der Waals surface area contributed by atoms with Crippen molar-refractivity contribution in [1.82, 2.24) is 0 Å². The van der Waals surface area contributed by atoms with Crippen molar-refractivity contribution in [3.05, 3.63) is 52.3 Å². The summed E-state index contributed by atoms with van der Waals surface area (Å²) in [6, 6.07) is 8.37. The quantitative estimate of drug-likeness (QED) is 0.827. The number of halogens is 2. The van der Waals surface area contributed by atoms with Gasteiger partial charge in [0, 0.05) is 10.2 Å². The molecule has 20 heavy (non-hydrogen) atoms. The summed E-state index contributed by atoms with van der Waals surface area (Å²) in [6.07, 6.45) is 0. The molecular formula is C13H12BrFN2O2S. The lowest BCUT2D eigenvalue weighted by Gasteiger charge is -2.10. The van der Waals surface area contributed by atoms with E-state index in [1.54, 1.807) is 13.0 Å². The highest BCUT2D eigenvalue weighted by atomic mass is 79.9. The van der Waals surface area contributed by atoms with Crippen LogP contribution in [0.15, 0.2) is 45.8 Å². The Labute approximate surface area is 125 Å². The molecule has 0 amide bonds. The van der Waals surface area contributed by atoms with Gasteiger partial charge in [0.2, 0.25) is 0 Å². The molecule has 2 aromatic carbocycles. The van der Waals surface area contributed by atoms with E-state index in [4.69, 9.17) is 5.73 Å². The third kappa shape index (κ3) is 3.10. The standard InChI is InChI=1S/C13H12BrFN2O2S/c1-8-2-4-10(7-12(8)16)20(18,19)17-13-6-9(14)3-5-11(13)15/h2-7,17H,16H2,1H3. The Morgan fingerprint density at radius 1 is 1.20 bits per heavy atom. The molecule has 0 heterocycles. The minimum atomic E-state index is -3.88. The fraction of sp³-hybridized carbons (Fsp3) is 0.0769. The van der Waals surface area contributed by atoms with Gasteiger partial charge >= 0.3 is 0 Å². The van der Waals surface area contributed by atoms with Crippen LogP contribution in [0.2, 0.25) is 0 Å². The van der Waals surface area contributed by atoms with Gasteiger partial charge in [0.1, 0.15) is 5.82 Å². The molecule has 7 heteroatoms. The zero-order chi connectivity index (χ0) is 14.9. The molecule has 0 spiro atoms. The maximum absolute atomic E-state index is 13.6. The number of anilines is 2. The molecule has 0 fully saturated rings. The Hall–Kier alpha value is -1.60. The molecule has 0 saturated heterocycles. The SMILES string of the molecule is Cc1ccc(S(=O)(=O)Nc2cc(Br)ccc2F)cc1N. The van der Waals surface area contributed by atoms with E-state index in [2.05, 4.69) is 20.7 Å². The molecule has 2 rings (SSSR count). The van der Waals surface area contributed by atoms with Crippen LogP contribution in [0.5, 0.6) is 0 Å². The van der Waals surface area contributed by atoms with Crippen LogP contribution in [0.3, 0.4) is 0 Å². The van der Waals surface area contributed by atoms with Crippen molar-refractivity contribution >= 4 is 37.3 Å². The van der Waals surface area contributed by atoms with Crippen LogP contribution in [0.1, 0.15) is 5.56 Å². The first-order valence-corrected chi connectivity index (χ1v) is 7.91. The van der Waals surface area contributed by atoms with Crippen LogP contribution in [0.25, 0.3) is 0 Å².